The molecule has 9 nitrogen and oxygen atoms in total. The van der Waals surface area contributed by atoms with Crippen LogP contribution in [0.2, 0.25) is 0 Å². The molecular weight excluding hydrogens is 408 g/mol. The maximum absolute atomic E-state index is 11.5. The largest absolute Gasteiger partial charge is 0.495 e. The van der Waals surface area contributed by atoms with Crippen LogP contribution in [0.25, 0.3) is 11.0 Å². The number of aliphatic carboxylic acids is 1. The van der Waals surface area contributed by atoms with Crippen LogP contribution in [0.4, 0.5) is 11.6 Å². The summed E-state index contributed by atoms with van der Waals surface area (Å²) in [4.78, 5) is 23.0. The molecule has 1 fully saturated rings. The van der Waals surface area contributed by atoms with Crippen molar-refractivity contribution >= 4 is 28.6 Å². The van der Waals surface area contributed by atoms with Gasteiger partial charge in [-0.2, -0.15) is 10.1 Å². The molecule has 0 unspecified atom stereocenters. The van der Waals surface area contributed by atoms with Gasteiger partial charge in [0.25, 0.3) is 0 Å². The molecule has 3 aromatic rings. The van der Waals surface area contributed by atoms with Crippen LogP contribution in [0.15, 0.2) is 24.5 Å². The molecule has 168 valence electrons. The molecule has 2 aromatic heterocycles. The van der Waals surface area contributed by atoms with Crippen molar-refractivity contribution in [2.24, 2.45) is 5.92 Å². The average molecular weight is 437 g/mol. The Hall–Kier alpha value is -3.20. The molecule has 1 aliphatic carbocycles. The van der Waals surface area contributed by atoms with Gasteiger partial charge in [-0.3, -0.25) is 4.79 Å². The summed E-state index contributed by atoms with van der Waals surface area (Å²) in [6.07, 6.45) is 7.58. The number of nitrogens with one attached hydrogen (secondary N) is 1. The summed E-state index contributed by atoms with van der Waals surface area (Å²) in [6, 6.07) is 4.24. The number of methoxy groups -OCH3 is 1. The Morgan fingerprint density at radius 3 is 2.94 bits per heavy atom. The fraction of sp³-hybridized carbons (Fsp3) is 0.478. The minimum Gasteiger partial charge on any atom is -0.495 e. The van der Waals surface area contributed by atoms with E-state index in [0.717, 1.165) is 61.2 Å². The first-order valence-corrected chi connectivity index (χ1v) is 11.1. The van der Waals surface area contributed by atoms with E-state index in [1.54, 1.807) is 19.5 Å². The normalized spacial score (nSPS) is 21.3. The van der Waals surface area contributed by atoms with Crippen molar-refractivity contribution < 1.29 is 14.6 Å². The summed E-state index contributed by atoms with van der Waals surface area (Å²) in [5.74, 6) is 0.174. The Bertz CT molecular complexity index is 1160. The second-order valence-corrected chi connectivity index (χ2v) is 8.85. The van der Waals surface area contributed by atoms with Crippen molar-refractivity contribution in [3.63, 3.8) is 0 Å². The highest BCUT2D eigenvalue weighted by Gasteiger charge is 2.29. The second kappa shape index (κ2) is 8.38. The van der Waals surface area contributed by atoms with E-state index in [1.165, 1.54) is 11.1 Å². The zero-order valence-electron chi connectivity index (χ0n) is 18.4. The van der Waals surface area contributed by atoms with Crippen molar-refractivity contribution in [3.05, 3.63) is 35.7 Å². The first kappa shape index (κ1) is 20.7. The van der Waals surface area contributed by atoms with Crippen molar-refractivity contribution in [2.75, 3.05) is 26.0 Å². The number of benzene rings is 1. The summed E-state index contributed by atoms with van der Waals surface area (Å²) in [5.41, 5.74) is 4.13. The van der Waals surface area contributed by atoms with Crippen molar-refractivity contribution in [1.82, 2.24) is 24.6 Å². The third-order valence-corrected chi connectivity index (χ3v) is 6.65. The third-order valence-electron chi connectivity index (χ3n) is 6.65. The number of ether oxygens (including phenoxy) is 1. The summed E-state index contributed by atoms with van der Waals surface area (Å²) in [6.45, 7) is 1.93. The third kappa shape index (κ3) is 3.88. The molecule has 5 rings (SSSR count). The maximum Gasteiger partial charge on any atom is 0.306 e. The molecular formula is C23H28N6O3. The van der Waals surface area contributed by atoms with Gasteiger partial charge in [0.05, 0.1) is 36.3 Å². The Balaban J connectivity index is 1.45. The molecule has 2 N–H and O–H groups in total. The maximum atomic E-state index is 11.5. The number of carbonyl (C=O) groups is 1. The summed E-state index contributed by atoms with van der Waals surface area (Å²) in [5, 5.41) is 18.1. The monoisotopic (exact) mass is 436 g/mol. The minimum absolute atomic E-state index is 0.0268. The lowest BCUT2D eigenvalue weighted by molar-refractivity contribution is -0.143. The average Bonchev–Trinajstić information content (AvgIpc) is 3.22. The molecule has 0 saturated heterocycles. The van der Waals surface area contributed by atoms with Gasteiger partial charge >= 0.3 is 5.97 Å². The molecule has 32 heavy (non-hydrogen) atoms. The van der Waals surface area contributed by atoms with Gasteiger partial charge in [0.2, 0.25) is 5.95 Å². The minimum atomic E-state index is -0.728. The van der Waals surface area contributed by atoms with Crippen LogP contribution < -0.4 is 10.1 Å². The highest BCUT2D eigenvalue weighted by molar-refractivity contribution is 5.76. The number of hydrogen-bond acceptors (Lipinski definition) is 7. The number of carboxylic acid groups (broad SMARTS) is 1. The lowest BCUT2D eigenvalue weighted by Crippen LogP contribution is -2.26. The van der Waals surface area contributed by atoms with Crippen LogP contribution in [0.5, 0.6) is 5.75 Å². The van der Waals surface area contributed by atoms with Crippen LogP contribution >= 0.6 is 0 Å². The zero-order valence-corrected chi connectivity index (χ0v) is 18.4. The summed E-state index contributed by atoms with van der Waals surface area (Å²) in [7, 11) is 3.79. The Morgan fingerprint density at radius 1 is 1.25 bits per heavy atom. The van der Waals surface area contributed by atoms with Crippen molar-refractivity contribution in [1.29, 1.82) is 0 Å². The van der Waals surface area contributed by atoms with Crippen molar-refractivity contribution in [3.8, 4) is 5.75 Å². The summed E-state index contributed by atoms with van der Waals surface area (Å²) >= 11 is 0. The van der Waals surface area contributed by atoms with E-state index in [1.807, 2.05) is 4.68 Å². The highest BCUT2D eigenvalue weighted by Crippen LogP contribution is 2.35. The molecule has 1 aliphatic heterocycles. The molecule has 0 radical (unpaired) electrons. The van der Waals surface area contributed by atoms with Gasteiger partial charge in [0.15, 0.2) is 5.65 Å². The van der Waals surface area contributed by atoms with E-state index in [-0.39, 0.29) is 12.0 Å². The molecule has 0 bridgehead atoms. The van der Waals surface area contributed by atoms with Crippen LogP contribution in [-0.2, 0) is 17.8 Å². The fourth-order valence-corrected chi connectivity index (χ4v) is 4.89. The fourth-order valence-electron chi connectivity index (χ4n) is 4.89. The SMILES string of the molecule is COc1cc2c(cc1Nc1ncc3cnn([C@@H]4CCC[C@@H](C(=O)O)C4)c3n1)CN(C)CC2. The number of hydrogen-bond donors (Lipinski definition) is 2. The molecule has 9 heteroatoms. The number of fused-ring (bicyclic) bond motifs is 2. The number of carboxylic acids is 1. The van der Waals surface area contributed by atoms with Crippen LogP contribution in [0, 0.1) is 5.92 Å². The molecule has 2 atom stereocenters. The van der Waals surface area contributed by atoms with Gasteiger partial charge in [-0.25, -0.2) is 9.67 Å². The Kier molecular flexibility index (Phi) is 5.42. The van der Waals surface area contributed by atoms with Gasteiger partial charge in [-0.15, -0.1) is 0 Å². The Morgan fingerprint density at radius 2 is 2.12 bits per heavy atom. The van der Waals surface area contributed by atoms with E-state index in [2.05, 4.69) is 39.5 Å². The molecule has 2 aliphatic rings. The van der Waals surface area contributed by atoms with Crippen LogP contribution in [-0.4, -0.2) is 56.4 Å². The van der Waals surface area contributed by atoms with E-state index in [0.29, 0.717) is 12.4 Å². The number of aromatic nitrogens is 4. The number of nitrogens with zero attached hydrogens (tertiary/aromatic N) is 5. The second-order valence-electron chi connectivity index (χ2n) is 8.85. The lowest BCUT2D eigenvalue weighted by atomic mass is 9.86. The quantitative estimate of drug-likeness (QED) is 0.627. The summed E-state index contributed by atoms with van der Waals surface area (Å²) < 4.78 is 7.50. The highest BCUT2D eigenvalue weighted by atomic mass is 16.5. The number of anilines is 2. The molecule has 3 heterocycles. The molecule has 1 saturated carbocycles. The first-order chi connectivity index (χ1) is 15.5. The number of rotatable bonds is 5. The van der Waals surface area contributed by atoms with Gasteiger partial charge in [0, 0.05) is 19.3 Å². The first-order valence-electron chi connectivity index (χ1n) is 11.1. The van der Waals surface area contributed by atoms with Gasteiger partial charge in [-0.05, 0) is 56.0 Å². The Labute approximate surface area is 186 Å². The van der Waals surface area contributed by atoms with Crippen LogP contribution in [0.1, 0.15) is 42.9 Å². The predicted molar refractivity (Wildman–Crippen MR) is 120 cm³/mol. The molecule has 1 aromatic carbocycles. The predicted octanol–water partition coefficient (Wildman–Crippen LogP) is 3.38. The van der Waals surface area contributed by atoms with Gasteiger partial charge < -0.3 is 20.1 Å². The number of likely N-dealkylation sites (N-methyl/N-ethyl adjacent to an activating group) is 1. The molecule has 0 amide bonds. The van der Waals surface area contributed by atoms with Crippen molar-refractivity contribution in [2.45, 2.75) is 44.7 Å². The van der Waals surface area contributed by atoms with E-state index in [9.17, 15) is 9.90 Å². The smallest absolute Gasteiger partial charge is 0.306 e. The zero-order chi connectivity index (χ0) is 22.2. The standard InChI is InChI=1S/C23H28N6O3/c1-28-7-6-14-10-20(32-2)19(9-16(14)13-28)26-23-24-11-17-12-25-29(21(17)27-23)18-5-3-4-15(8-18)22(30)31/h9-12,15,18H,3-8,13H2,1-2H3,(H,30,31)(H,24,26,27)/t15-,18-/m1/s1. The van der Waals surface area contributed by atoms with E-state index in [4.69, 9.17) is 9.72 Å². The molecule has 0 spiro atoms. The topological polar surface area (TPSA) is 105 Å². The van der Waals surface area contributed by atoms with Gasteiger partial charge in [0.1, 0.15) is 5.75 Å². The van der Waals surface area contributed by atoms with E-state index >= 15 is 0 Å². The van der Waals surface area contributed by atoms with Gasteiger partial charge in [-0.1, -0.05) is 6.42 Å². The van der Waals surface area contributed by atoms with Crippen LogP contribution in [0.3, 0.4) is 0 Å². The van der Waals surface area contributed by atoms with E-state index < -0.39 is 5.97 Å². The lowest BCUT2D eigenvalue weighted by Gasteiger charge is -2.27.